The molecule has 0 aromatic carbocycles. The highest BCUT2D eigenvalue weighted by atomic mass is 14.8. The molecule has 0 N–H and O–H groups in total. The molecule has 0 spiro atoms. The zero-order chi connectivity index (χ0) is 17.7. The first-order valence-corrected chi connectivity index (χ1v) is 9.66. The van der Waals surface area contributed by atoms with Gasteiger partial charge in [0.05, 0.1) is 11.4 Å². The van der Waals surface area contributed by atoms with Crippen LogP contribution in [0.5, 0.6) is 0 Å². The molecule has 2 heteroatoms. The molecule has 2 nitrogen and oxygen atoms in total. The summed E-state index contributed by atoms with van der Waals surface area (Å²) in [5, 5.41) is 0. The Labute approximate surface area is 147 Å². The van der Waals surface area contributed by atoms with Crippen molar-refractivity contribution >= 4 is 0 Å². The van der Waals surface area contributed by atoms with Gasteiger partial charge in [0.2, 0.25) is 0 Å². The number of hydrogen-bond donors (Lipinski definition) is 0. The third kappa shape index (κ3) is 3.53. The van der Waals surface area contributed by atoms with Crippen LogP contribution >= 0.6 is 0 Å². The summed E-state index contributed by atoms with van der Waals surface area (Å²) >= 11 is 0. The number of aryl methyl sites for hydroxylation is 4. The average molecular weight is 325 g/mol. The van der Waals surface area contributed by atoms with Crippen molar-refractivity contribution in [2.45, 2.75) is 80.1 Å². The van der Waals surface area contributed by atoms with Crippen LogP contribution in [0.3, 0.4) is 0 Å². The minimum Gasteiger partial charge on any atom is -0.251 e. The van der Waals surface area contributed by atoms with Crippen LogP contribution in [0.1, 0.15) is 75.2 Å². The Hall–Kier alpha value is -1.70. The minimum absolute atomic E-state index is 0.984. The van der Waals surface area contributed by atoms with Crippen molar-refractivity contribution in [1.82, 2.24) is 9.97 Å². The van der Waals surface area contributed by atoms with Crippen molar-refractivity contribution in [3.8, 4) is 11.4 Å². The van der Waals surface area contributed by atoms with E-state index in [1.807, 2.05) is 0 Å². The predicted octanol–water partition coefficient (Wildman–Crippen LogP) is 5.52. The van der Waals surface area contributed by atoms with Crippen LogP contribution in [-0.4, -0.2) is 9.97 Å². The maximum atomic E-state index is 4.98. The average Bonchev–Trinajstić information content (AvgIpc) is 2.65. The van der Waals surface area contributed by atoms with Gasteiger partial charge < -0.3 is 0 Å². The molecule has 2 aromatic heterocycles. The summed E-state index contributed by atoms with van der Waals surface area (Å²) in [5.41, 5.74) is 10.3. The van der Waals surface area contributed by atoms with Gasteiger partial charge in [0.25, 0.3) is 0 Å². The predicted molar refractivity (Wildman–Crippen MR) is 104 cm³/mol. The van der Waals surface area contributed by atoms with Crippen LogP contribution in [-0.2, 0) is 38.5 Å². The van der Waals surface area contributed by atoms with E-state index in [4.69, 9.17) is 9.97 Å². The van der Waals surface area contributed by atoms with Crippen molar-refractivity contribution in [1.29, 1.82) is 0 Å². The highest BCUT2D eigenvalue weighted by Crippen LogP contribution is 2.26. The maximum Gasteiger partial charge on any atom is 0.0892 e. The van der Waals surface area contributed by atoms with Crippen molar-refractivity contribution < 1.29 is 0 Å². The fourth-order valence-electron chi connectivity index (χ4n) is 3.71. The van der Waals surface area contributed by atoms with E-state index in [0.717, 1.165) is 49.9 Å². The normalized spacial score (nSPS) is 11.1. The van der Waals surface area contributed by atoms with Gasteiger partial charge in [-0.15, -0.1) is 0 Å². The molecule has 0 aliphatic heterocycles. The van der Waals surface area contributed by atoms with Crippen LogP contribution in [0, 0.1) is 0 Å². The molecule has 2 rings (SSSR count). The first-order chi connectivity index (χ1) is 11.6. The lowest BCUT2D eigenvalue weighted by Crippen LogP contribution is -2.06. The summed E-state index contributed by atoms with van der Waals surface area (Å²) in [5.74, 6) is 0. The molecule has 24 heavy (non-hydrogen) atoms. The number of nitrogens with zero attached hydrogens (tertiary/aromatic N) is 2. The van der Waals surface area contributed by atoms with Gasteiger partial charge in [-0.2, -0.15) is 0 Å². The zero-order valence-corrected chi connectivity index (χ0v) is 16.3. The molecule has 0 bridgehead atoms. The van der Waals surface area contributed by atoms with E-state index in [1.54, 1.807) is 0 Å². The Bertz CT molecular complexity index is 590. The van der Waals surface area contributed by atoms with Gasteiger partial charge in [-0.05, 0) is 72.9 Å². The quantitative estimate of drug-likeness (QED) is 0.670. The molecule has 130 valence electrons. The Kier molecular flexibility index (Phi) is 6.53. The van der Waals surface area contributed by atoms with Crippen LogP contribution in [0.15, 0.2) is 12.1 Å². The molecule has 0 aliphatic carbocycles. The third-order valence-electron chi connectivity index (χ3n) is 5.01. The van der Waals surface area contributed by atoms with Gasteiger partial charge in [0.1, 0.15) is 0 Å². The van der Waals surface area contributed by atoms with Gasteiger partial charge >= 0.3 is 0 Å². The summed E-state index contributed by atoms with van der Waals surface area (Å²) in [6.45, 7) is 13.3. The molecule has 0 saturated heterocycles. The largest absolute Gasteiger partial charge is 0.251 e. The van der Waals surface area contributed by atoms with Gasteiger partial charge in [0.15, 0.2) is 0 Å². The van der Waals surface area contributed by atoms with E-state index in [1.165, 1.54) is 33.6 Å². The second kappa shape index (κ2) is 8.41. The highest BCUT2D eigenvalue weighted by Gasteiger charge is 2.14. The monoisotopic (exact) mass is 324 g/mol. The van der Waals surface area contributed by atoms with Crippen LogP contribution in [0.4, 0.5) is 0 Å². The number of rotatable bonds is 7. The summed E-state index contributed by atoms with van der Waals surface area (Å²) in [4.78, 5) is 9.97. The maximum absolute atomic E-state index is 4.98. The molecular weight excluding hydrogens is 292 g/mol. The molecule has 0 saturated carbocycles. The van der Waals surface area contributed by atoms with Gasteiger partial charge in [-0.25, -0.2) is 0 Å². The number of hydrogen-bond acceptors (Lipinski definition) is 2. The Morgan fingerprint density at radius 3 is 1.17 bits per heavy atom. The fraction of sp³-hybridized carbons (Fsp3) is 0.545. The van der Waals surface area contributed by atoms with Crippen molar-refractivity contribution in [3.05, 3.63) is 45.8 Å². The lowest BCUT2D eigenvalue weighted by molar-refractivity contribution is 0.910. The molecule has 2 heterocycles. The Morgan fingerprint density at radius 2 is 0.917 bits per heavy atom. The summed E-state index contributed by atoms with van der Waals surface area (Å²) in [6, 6.07) is 4.54. The lowest BCUT2D eigenvalue weighted by Gasteiger charge is -2.16. The first-order valence-electron chi connectivity index (χ1n) is 9.66. The van der Waals surface area contributed by atoms with Gasteiger partial charge in [-0.1, -0.05) is 41.5 Å². The molecule has 0 aliphatic rings. The van der Waals surface area contributed by atoms with Crippen LogP contribution in [0.25, 0.3) is 11.4 Å². The molecule has 0 atom stereocenters. The Balaban J connectivity index is 2.67. The van der Waals surface area contributed by atoms with Crippen LogP contribution in [0.2, 0.25) is 0 Å². The highest BCUT2D eigenvalue weighted by molar-refractivity contribution is 5.59. The lowest BCUT2D eigenvalue weighted by atomic mass is 9.96. The van der Waals surface area contributed by atoms with E-state index < -0.39 is 0 Å². The second-order valence-electron chi connectivity index (χ2n) is 6.31. The van der Waals surface area contributed by atoms with Crippen molar-refractivity contribution in [3.63, 3.8) is 0 Å². The molecule has 0 unspecified atom stereocenters. The van der Waals surface area contributed by atoms with Crippen molar-refractivity contribution in [2.75, 3.05) is 0 Å². The smallest absolute Gasteiger partial charge is 0.0892 e. The SMILES string of the molecule is CCc1cc(-c2cc(CC)c(CC)c(CC)n2)nc(CC)c1CC. The first kappa shape index (κ1) is 18.6. The topological polar surface area (TPSA) is 25.8 Å². The summed E-state index contributed by atoms with van der Waals surface area (Å²) in [6.07, 6.45) is 6.20. The Morgan fingerprint density at radius 1 is 0.542 bits per heavy atom. The van der Waals surface area contributed by atoms with Crippen LogP contribution < -0.4 is 0 Å². The van der Waals surface area contributed by atoms with E-state index >= 15 is 0 Å². The fourth-order valence-corrected chi connectivity index (χ4v) is 3.71. The molecule has 0 fully saturated rings. The standard InChI is InChI=1S/C22H32N2/c1-7-15-13-21(23-19(11-5)17(15)9-3)22-14-16(8-2)18(10-4)20(12-6)24-22/h13-14H,7-12H2,1-6H3. The van der Waals surface area contributed by atoms with E-state index in [9.17, 15) is 0 Å². The zero-order valence-electron chi connectivity index (χ0n) is 16.3. The van der Waals surface area contributed by atoms with Crippen molar-refractivity contribution in [2.24, 2.45) is 0 Å². The van der Waals surface area contributed by atoms with E-state index in [-0.39, 0.29) is 0 Å². The number of aromatic nitrogens is 2. The van der Waals surface area contributed by atoms with Gasteiger partial charge in [0, 0.05) is 11.4 Å². The minimum atomic E-state index is 0.984. The molecule has 2 aromatic rings. The summed E-state index contributed by atoms with van der Waals surface area (Å²) < 4.78 is 0. The molecule has 0 radical (unpaired) electrons. The second-order valence-corrected chi connectivity index (χ2v) is 6.31. The van der Waals surface area contributed by atoms with Gasteiger partial charge in [-0.3, -0.25) is 9.97 Å². The number of pyridine rings is 2. The summed E-state index contributed by atoms with van der Waals surface area (Å²) in [7, 11) is 0. The third-order valence-corrected chi connectivity index (χ3v) is 5.01. The van der Waals surface area contributed by atoms with E-state index in [2.05, 4.69) is 53.7 Å². The molecule has 0 amide bonds. The molecular formula is C22H32N2. The van der Waals surface area contributed by atoms with E-state index in [0.29, 0.717) is 0 Å².